The van der Waals surface area contributed by atoms with Crippen molar-refractivity contribution in [1.82, 2.24) is 5.32 Å². The Morgan fingerprint density at radius 3 is 2.21 bits per heavy atom. The molecule has 0 aromatic heterocycles. The van der Waals surface area contributed by atoms with E-state index in [0.29, 0.717) is 23.1 Å². The topological polar surface area (TPSA) is 105 Å². The molecule has 1 aliphatic rings. The van der Waals surface area contributed by atoms with Crippen LogP contribution >= 0.6 is 15.9 Å². The lowest BCUT2D eigenvalue weighted by atomic mass is 9.98. The SMILES string of the molecule is O=C(CCCNC(=O)OCC1c2ccccc2-c2ccccc21)Nc1ccc(C(=O)O)cc1Br. The molecule has 8 heteroatoms. The minimum atomic E-state index is -1.04. The van der Waals surface area contributed by atoms with Crippen LogP contribution < -0.4 is 10.6 Å². The molecule has 0 heterocycles. The molecular formula is C26H23BrN2O5. The molecule has 0 bridgehead atoms. The fourth-order valence-corrected chi connectivity index (χ4v) is 4.53. The van der Waals surface area contributed by atoms with Gasteiger partial charge in [-0.05, 0) is 62.8 Å². The molecule has 0 atom stereocenters. The third kappa shape index (κ3) is 5.28. The number of carboxylic acid groups (broad SMARTS) is 1. The van der Waals surface area contributed by atoms with Crippen molar-refractivity contribution in [3.63, 3.8) is 0 Å². The number of benzene rings is 3. The van der Waals surface area contributed by atoms with E-state index in [1.54, 1.807) is 0 Å². The molecule has 0 saturated carbocycles. The summed E-state index contributed by atoms with van der Waals surface area (Å²) in [7, 11) is 0. The Kier molecular flexibility index (Phi) is 7.27. The number of aromatic carboxylic acids is 1. The van der Waals surface area contributed by atoms with Gasteiger partial charge in [0.05, 0.1) is 11.3 Å². The van der Waals surface area contributed by atoms with Crippen molar-refractivity contribution in [2.75, 3.05) is 18.5 Å². The van der Waals surface area contributed by atoms with Gasteiger partial charge in [-0.3, -0.25) is 4.79 Å². The van der Waals surface area contributed by atoms with Gasteiger partial charge in [-0.25, -0.2) is 9.59 Å². The molecule has 3 N–H and O–H groups in total. The van der Waals surface area contributed by atoms with Crippen LogP contribution in [0.3, 0.4) is 0 Å². The Labute approximate surface area is 205 Å². The minimum absolute atomic E-state index is 0.00473. The third-order valence-corrected chi connectivity index (χ3v) is 6.34. The smallest absolute Gasteiger partial charge is 0.407 e. The first-order valence-electron chi connectivity index (χ1n) is 10.9. The standard InChI is InChI=1S/C26H23BrN2O5/c27-22-14-16(25(31)32)11-12-23(22)29-24(30)10-5-13-28-26(33)34-15-21-19-8-3-1-6-17(19)18-7-2-4-9-20(18)21/h1-4,6-9,11-12,14,21H,5,10,13,15H2,(H,28,33)(H,29,30)(H,31,32). The fourth-order valence-electron chi connectivity index (χ4n) is 4.05. The zero-order valence-electron chi connectivity index (χ0n) is 18.2. The Morgan fingerprint density at radius 2 is 1.59 bits per heavy atom. The maximum absolute atomic E-state index is 12.2. The van der Waals surface area contributed by atoms with Crippen molar-refractivity contribution in [2.24, 2.45) is 0 Å². The van der Waals surface area contributed by atoms with Crippen LogP contribution in [0, 0.1) is 0 Å². The van der Waals surface area contributed by atoms with Gasteiger partial charge in [-0.15, -0.1) is 0 Å². The molecule has 1 aliphatic carbocycles. The maximum Gasteiger partial charge on any atom is 0.407 e. The summed E-state index contributed by atoms with van der Waals surface area (Å²) in [6.45, 7) is 0.532. The predicted molar refractivity (Wildman–Crippen MR) is 132 cm³/mol. The summed E-state index contributed by atoms with van der Waals surface area (Å²) in [5.74, 6) is -1.29. The second-order valence-electron chi connectivity index (χ2n) is 7.90. The van der Waals surface area contributed by atoms with E-state index in [-0.39, 0.29) is 30.4 Å². The number of carboxylic acids is 1. The second kappa shape index (κ2) is 10.5. The lowest BCUT2D eigenvalue weighted by Gasteiger charge is -2.14. The van der Waals surface area contributed by atoms with Crippen LogP contribution in [0.4, 0.5) is 10.5 Å². The zero-order chi connectivity index (χ0) is 24.1. The average molecular weight is 523 g/mol. The van der Waals surface area contributed by atoms with Crippen molar-refractivity contribution in [3.8, 4) is 11.1 Å². The fraction of sp³-hybridized carbons (Fsp3) is 0.192. The molecule has 0 saturated heterocycles. The number of carbonyl (C=O) groups excluding carboxylic acids is 2. The van der Waals surface area contributed by atoms with E-state index in [2.05, 4.69) is 50.8 Å². The molecule has 0 aliphatic heterocycles. The number of amides is 2. The van der Waals surface area contributed by atoms with E-state index in [9.17, 15) is 14.4 Å². The molecule has 3 aromatic rings. The van der Waals surface area contributed by atoms with Gasteiger partial charge in [-0.1, -0.05) is 48.5 Å². The number of halogens is 1. The number of carbonyl (C=O) groups is 3. The van der Waals surface area contributed by atoms with Crippen LogP contribution in [0.15, 0.2) is 71.2 Å². The van der Waals surface area contributed by atoms with E-state index in [4.69, 9.17) is 9.84 Å². The van der Waals surface area contributed by atoms with Crippen molar-refractivity contribution < 1.29 is 24.2 Å². The molecule has 7 nitrogen and oxygen atoms in total. The van der Waals surface area contributed by atoms with E-state index in [1.807, 2.05) is 24.3 Å². The van der Waals surface area contributed by atoms with Gasteiger partial charge in [0.2, 0.25) is 5.91 Å². The van der Waals surface area contributed by atoms with E-state index < -0.39 is 12.1 Å². The van der Waals surface area contributed by atoms with E-state index in [1.165, 1.54) is 29.3 Å². The molecule has 174 valence electrons. The Morgan fingerprint density at radius 1 is 0.941 bits per heavy atom. The van der Waals surface area contributed by atoms with Crippen LogP contribution in [-0.2, 0) is 9.53 Å². The van der Waals surface area contributed by atoms with Gasteiger partial charge < -0.3 is 20.5 Å². The first-order valence-corrected chi connectivity index (χ1v) is 11.6. The summed E-state index contributed by atoms with van der Waals surface area (Å²) >= 11 is 3.26. The van der Waals surface area contributed by atoms with Crippen molar-refractivity contribution in [1.29, 1.82) is 0 Å². The van der Waals surface area contributed by atoms with Crippen LogP contribution in [0.5, 0.6) is 0 Å². The summed E-state index contributed by atoms with van der Waals surface area (Å²) in [6.07, 6.45) is 0.103. The summed E-state index contributed by atoms with van der Waals surface area (Å²) < 4.78 is 5.97. The van der Waals surface area contributed by atoms with Gasteiger partial charge in [0, 0.05) is 23.4 Å². The van der Waals surface area contributed by atoms with E-state index in [0.717, 1.165) is 11.1 Å². The average Bonchev–Trinajstić information content (AvgIpc) is 3.15. The third-order valence-electron chi connectivity index (χ3n) is 5.68. The van der Waals surface area contributed by atoms with Crippen LogP contribution in [0.25, 0.3) is 11.1 Å². The highest BCUT2D eigenvalue weighted by Crippen LogP contribution is 2.44. The Bertz CT molecular complexity index is 1200. The number of hydrogen-bond donors (Lipinski definition) is 3. The second-order valence-corrected chi connectivity index (χ2v) is 8.76. The number of hydrogen-bond acceptors (Lipinski definition) is 4. The van der Waals surface area contributed by atoms with Gasteiger partial charge in [0.1, 0.15) is 6.61 Å². The first kappa shape index (κ1) is 23.5. The van der Waals surface area contributed by atoms with E-state index >= 15 is 0 Å². The molecular weight excluding hydrogens is 500 g/mol. The van der Waals surface area contributed by atoms with Crippen molar-refractivity contribution in [3.05, 3.63) is 87.9 Å². The van der Waals surface area contributed by atoms with Crippen LogP contribution in [0.2, 0.25) is 0 Å². The minimum Gasteiger partial charge on any atom is -0.478 e. The summed E-state index contributed by atoms with van der Waals surface area (Å²) in [5.41, 5.74) is 5.24. The van der Waals surface area contributed by atoms with Crippen molar-refractivity contribution >= 4 is 39.6 Å². The lowest BCUT2D eigenvalue weighted by molar-refractivity contribution is -0.116. The number of ether oxygens (including phenoxy) is 1. The highest BCUT2D eigenvalue weighted by molar-refractivity contribution is 9.10. The lowest BCUT2D eigenvalue weighted by Crippen LogP contribution is -2.27. The van der Waals surface area contributed by atoms with Gasteiger partial charge in [0.15, 0.2) is 0 Å². The quantitative estimate of drug-likeness (QED) is 0.343. The zero-order valence-corrected chi connectivity index (χ0v) is 19.8. The Hall–Kier alpha value is -3.65. The molecule has 0 fully saturated rings. The molecule has 0 radical (unpaired) electrons. The Balaban J connectivity index is 1.21. The molecule has 0 unspecified atom stereocenters. The first-order chi connectivity index (χ1) is 16.4. The van der Waals surface area contributed by atoms with Gasteiger partial charge in [0.25, 0.3) is 0 Å². The van der Waals surface area contributed by atoms with Gasteiger partial charge >= 0.3 is 12.1 Å². The van der Waals surface area contributed by atoms with Crippen LogP contribution in [-0.4, -0.2) is 36.2 Å². The largest absolute Gasteiger partial charge is 0.478 e. The summed E-state index contributed by atoms with van der Waals surface area (Å²) in [6, 6.07) is 20.6. The molecule has 3 aromatic carbocycles. The van der Waals surface area contributed by atoms with Crippen LogP contribution in [0.1, 0.15) is 40.2 Å². The molecule has 34 heavy (non-hydrogen) atoms. The predicted octanol–water partition coefficient (Wildman–Crippen LogP) is 5.40. The monoisotopic (exact) mass is 522 g/mol. The van der Waals surface area contributed by atoms with Gasteiger partial charge in [-0.2, -0.15) is 0 Å². The highest BCUT2D eigenvalue weighted by atomic mass is 79.9. The number of rotatable bonds is 8. The molecule has 0 spiro atoms. The number of anilines is 1. The molecule has 4 rings (SSSR count). The maximum atomic E-state index is 12.2. The highest BCUT2D eigenvalue weighted by Gasteiger charge is 2.28. The summed E-state index contributed by atoms with van der Waals surface area (Å²) in [4.78, 5) is 35.4. The summed E-state index contributed by atoms with van der Waals surface area (Å²) in [5, 5.41) is 14.4. The normalized spacial score (nSPS) is 11.9. The number of nitrogens with one attached hydrogen (secondary N) is 2. The molecule has 2 amide bonds. The van der Waals surface area contributed by atoms with Crippen molar-refractivity contribution in [2.45, 2.75) is 18.8 Å². The number of alkyl carbamates (subject to hydrolysis) is 1. The number of fused-ring (bicyclic) bond motifs is 3.